The van der Waals surface area contributed by atoms with Crippen molar-refractivity contribution in [2.24, 2.45) is 0 Å². The third-order valence-electron chi connectivity index (χ3n) is 4.02. The summed E-state index contributed by atoms with van der Waals surface area (Å²) in [4.78, 5) is 12.4. The van der Waals surface area contributed by atoms with Gasteiger partial charge in [-0.3, -0.25) is 4.79 Å². The first-order chi connectivity index (χ1) is 12.9. The van der Waals surface area contributed by atoms with Gasteiger partial charge in [-0.2, -0.15) is 4.31 Å². The lowest BCUT2D eigenvalue weighted by Crippen LogP contribution is -2.41. The summed E-state index contributed by atoms with van der Waals surface area (Å²) in [7, 11) is -2.10. The van der Waals surface area contributed by atoms with E-state index >= 15 is 0 Å². The minimum atomic E-state index is -3.71. The first-order valence-electron chi connectivity index (χ1n) is 8.52. The molecule has 0 saturated carbocycles. The lowest BCUT2D eigenvalue weighted by atomic mass is 10.1. The minimum absolute atomic E-state index is 0.165. The normalized spacial score (nSPS) is 11.4. The van der Waals surface area contributed by atoms with Crippen LogP contribution in [0.15, 0.2) is 57.9 Å². The predicted octanol–water partition coefficient (Wildman–Crippen LogP) is 2.83. The SMILES string of the molecule is CCN(CC(=O)NCCc1ccc(OC)cc1)S(=O)(=O)c1ccc(Br)cc1. The lowest BCUT2D eigenvalue weighted by Gasteiger charge is -2.20. The van der Waals surface area contributed by atoms with E-state index in [0.717, 1.165) is 15.8 Å². The molecule has 0 aliphatic heterocycles. The molecule has 2 rings (SSSR count). The molecule has 2 aromatic rings. The van der Waals surface area contributed by atoms with Crippen molar-refractivity contribution in [3.8, 4) is 5.75 Å². The summed E-state index contributed by atoms with van der Waals surface area (Å²) in [6.07, 6.45) is 0.654. The smallest absolute Gasteiger partial charge is 0.243 e. The number of ether oxygens (including phenoxy) is 1. The molecule has 0 bridgehead atoms. The van der Waals surface area contributed by atoms with Crippen LogP contribution in [0.5, 0.6) is 5.75 Å². The molecule has 1 amide bonds. The maximum absolute atomic E-state index is 12.7. The van der Waals surface area contributed by atoms with E-state index < -0.39 is 10.0 Å². The maximum atomic E-state index is 12.7. The van der Waals surface area contributed by atoms with Crippen molar-refractivity contribution in [1.29, 1.82) is 0 Å². The zero-order chi connectivity index (χ0) is 19.9. The number of nitrogens with one attached hydrogen (secondary N) is 1. The first-order valence-corrected chi connectivity index (χ1v) is 10.8. The van der Waals surface area contributed by atoms with Crippen molar-refractivity contribution >= 4 is 31.9 Å². The van der Waals surface area contributed by atoms with Crippen LogP contribution in [0.2, 0.25) is 0 Å². The molecule has 27 heavy (non-hydrogen) atoms. The van der Waals surface area contributed by atoms with Crippen molar-refractivity contribution in [1.82, 2.24) is 9.62 Å². The Morgan fingerprint density at radius 3 is 2.30 bits per heavy atom. The van der Waals surface area contributed by atoms with Crippen molar-refractivity contribution in [2.75, 3.05) is 26.7 Å². The Labute approximate surface area is 168 Å². The lowest BCUT2D eigenvalue weighted by molar-refractivity contribution is -0.121. The van der Waals surface area contributed by atoms with E-state index in [9.17, 15) is 13.2 Å². The molecule has 1 N–H and O–H groups in total. The van der Waals surface area contributed by atoms with Gasteiger partial charge in [0.1, 0.15) is 5.75 Å². The highest BCUT2D eigenvalue weighted by atomic mass is 79.9. The standard InChI is InChI=1S/C19H23BrN2O4S/c1-3-22(27(24,25)18-10-6-16(20)7-11-18)14-19(23)21-13-12-15-4-8-17(26-2)9-5-15/h4-11H,3,12-14H2,1-2H3,(H,21,23). The molecule has 0 heterocycles. The molecular weight excluding hydrogens is 432 g/mol. The van der Waals surface area contributed by atoms with Crippen LogP contribution in [0.1, 0.15) is 12.5 Å². The summed E-state index contributed by atoms with van der Waals surface area (Å²) in [6.45, 7) is 2.14. The van der Waals surface area contributed by atoms with Gasteiger partial charge in [0, 0.05) is 17.6 Å². The van der Waals surface area contributed by atoms with Crippen molar-refractivity contribution in [3.63, 3.8) is 0 Å². The molecule has 0 aromatic heterocycles. The first kappa shape index (κ1) is 21.4. The van der Waals surface area contributed by atoms with E-state index in [1.165, 1.54) is 16.4 Å². The van der Waals surface area contributed by atoms with Gasteiger partial charge in [-0.25, -0.2) is 8.42 Å². The number of hydrogen-bond acceptors (Lipinski definition) is 4. The van der Waals surface area contributed by atoms with Crippen LogP contribution >= 0.6 is 15.9 Å². The molecule has 0 spiro atoms. The van der Waals surface area contributed by atoms with E-state index in [0.29, 0.717) is 13.0 Å². The fourth-order valence-electron chi connectivity index (χ4n) is 2.48. The van der Waals surface area contributed by atoms with E-state index in [-0.39, 0.29) is 23.9 Å². The summed E-state index contributed by atoms with van der Waals surface area (Å²) in [6, 6.07) is 13.9. The Hall–Kier alpha value is -1.90. The second-order valence-corrected chi connectivity index (χ2v) is 8.69. The molecule has 0 unspecified atom stereocenters. The van der Waals surface area contributed by atoms with Crippen LogP contribution in [-0.2, 0) is 21.2 Å². The Bertz CT molecular complexity index is 852. The van der Waals surface area contributed by atoms with E-state index in [2.05, 4.69) is 21.2 Å². The quantitative estimate of drug-likeness (QED) is 0.631. The van der Waals surface area contributed by atoms with E-state index in [4.69, 9.17) is 4.74 Å². The number of sulfonamides is 1. The van der Waals surface area contributed by atoms with Gasteiger partial charge in [0.2, 0.25) is 15.9 Å². The van der Waals surface area contributed by atoms with Gasteiger partial charge in [0.25, 0.3) is 0 Å². The Balaban J connectivity index is 1.90. The minimum Gasteiger partial charge on any atom is -0.497 e. The third kappa shape index (κ3) is 6.05. The van der Waals surface area contributed by atoms with Crippen molar-refractivity contribution in [3.05, 3.63) is 58.6 Å². The molecule has 0 atom stereocenters. The Kier molecular flexibility index (Phi) is 7.82. The molecule has 2 aromatic carbocycles. The van der Waals surface area contributed by atoms with Gasteiger partial charge in [-0.1, -0.05) is 35.0 Å². The fourth-order valence-corrected chi connectivity index (χ4v) is 4.15. The van der Waals surface area contributed by atoms with Gasteiger partial charge >= 0.3 is 0 Å². The largest absolute Gasteiger partial charge is 0.497 e. The highest BCUT2D eigenvalue weighted by Gasteiger charge is 2.25. The zero-order valence-electron chi connectivity index (χ0n) is 15.3. The van der Waals surface area contributed by atoms with Gasteiger partial charge in [-0.15, -0.1) is 0 Å². The number of methoxy groups -OCH3 is 1. The van der Waals surface area contributed by atoms with E-state index in [1.807, 2.05) is 24.3 Å². The summed E-state index contributed by atoms with van der Waals surface area (Å²) in [5.74, 6) is 0.450. The van der Waals surface area contributed by atoms with E-state index in [1.54, 1.807) is 26.2 Å². The molecular formula is C19H23BrN2O4S. The summed E-state index contributed by atoms with van der Waals surface area (Å²) >= 11 is 3.28. The van der Waals surface area contributed by atoms with Crippen molar-refractivity contribution in [2.45, 2.75) is 18.2 Å². The monoisotopic (exact) mass is 454 g/mol. The molecule has 8 heteroatoms. The summed E-state index contributed by atoms with van der Waals surface area (Å²) < 4.78 is 32.4. The average Bonchev–Trinajstić information content (AvgIpc) is 2.67. The number of nitrogens with zero attached hydrogens (tertiary/aromatic N) is 1. The van der Waals surface area contributed by atoms with Crippen LogP contribution in [0, 0.1) is 0 Å². The maximum Gasteiger partial charge on any atom is 0.243 e. The zero-order valence-corrected chi connectivity index (χ0v) is 17.7. The number of carbonyl (C=O) groups is 1. The molecule has 0 saturated heterocycles. The van der Waals surface area contributed by atoms with Gasteiger partial charge in [-0.05, 0) is 48.4 Å². The molecule has 0 radical (unpaired) electrons. The predicted molar refractivity (Wildman–Crippen MR) is 108 cm³/mol. The highest BCUT2D eigenvalue weighted by Crippen LogP contribution is 2.18. The second-order valence-electron chi connectivity index (χ2n) is 5.83. The van der Waals surface area contributed by atoms with Crippen LogP contribution in [-0.4, -0.2) is 45.4 Å². The number of likely N-dealkylation sites (N-methyl/N-ethyl adjacent to an activating group) is 1. The Morgan fingerprint density at radius 2 is 1.74 bits per heavy atom. The second kappa shape index (κ2) is 9.87. The molecule has 0 aliphatic rings. The van der Waals surface area contributed by atoms with Crippen LogP contribution in [0.3, 0.4) is 0 Å². The van der Waals surface area contributed by atoms with Gasteiger partial charge in [0.15, 0.2) is 0 Å². The highest BCUT2D eigenvalue weighted by molar-refractivity contribution is 9.10. The number of hydrogen-bond donors (Lipinski definition) is 1. The third-order valence-corrected chi connectivity index (χ3v) is 6.48. The fraction of sp³-hybridized carbons (Fsp3) is 0.316. The molecule has 0 aliphatic carbocycles. The number of carbonyl (C=O) groups excluding carboxylic acids is 1. The van der Waals surface area contributed by atoms with Crippen LogP contribution in [0.4, 0.5) is 0 Å². The van der Waals surface area contributed by atoms with Crippen LogP contribution < -0.4 is 10.1 Å². The van der Waals surface area contributed by atoms with Crippen LogP contribution in [0.25, 0.3) is 0 Å². The number of rotatable bonds is 9. The summed E-state index contributed by atoms with van der Waals surface area (Å²) in [5.41, 5.74) is 1.06. The molecule has 6 nitrogen and oxygen atoms in total. The topological polar surface area (TPSA) is 75.7 Å². The van der Waals surface area contributed by atoms with Gasteiger partial charge in [0.05, 0.1) is 18.6 Å². The molecule has 0 fully saturated rings. The summed E-state index contributed by atoms with van der Waals surface area (Å²) in [5, 5.41) is 2.77. The molecule has 146 valence electrons. The average molecular weight is 455 g/mol. The number of amides is 1. The Morgan fingerprint density at radius 1 is 1.11 bits per heavy atom. The number of benzene rings is 2. The van der Waals surface area contributed by atoms with Crippen molar-refractivity contribution < 1.29 is 17.9 Å². The number of halogens is 1. The van der Waals surface area contributed by atoms with Gasteiger partial charge < -0.3 is 10.1 Å².